The van der Waals surface area contributed by atoms with Crippen LogP contribution in [0.2, 0.25) is 10.0 Å². The van der Waals surface area contributed by atoms with Crippen molar-refractivity contribution < 1.29 is 25.9 Å². The van der Waals surface area contributed by atoms with Gasteiger partial charge >= 0.3 is 103 Å². The third-order valence-corrected chi connectivity index (χ3v) is 4.99. The van der Waals surface area contributed by atoms with Crippen molar-refractivity contribution in [2.75, 3.05) is 0 Å². The molecule has 0 saturated heterocycles. The van der Waals surface area contributed by atoms with E-state index in [2.05, 4.69) is 0 Å². The van der Waals surface area contributed by atoms with Crippen molar-refractivity contribution in [2.45, 2.75) is 9.79 Å². The van der Waals surface area contributed by atoms with Crippen molar-refractivity contribution in [1.29, 1.82) is 0 Å². The number of hydrogen-bond donors (Lipinski definition) is 2. The van der Waals surface area contributed by atoms with Gasteiger partial charge in [-0.1, -0.05) is 35.3 Å². The van der Waals surface area contributed by atoms with Crippen LogP contribution in [-0.4, -0.2) is 129 Å². The Morgan fingerprint density at radius 1 is 0.667 bits per heavy atom. The predicted octanol–water partition coefficient (Wildman–Crippen LogP) is 1.86. The van der Waals surface area contributed by atoms with E-state index in [4.69, 9.17) is 23.2 Å². The zero-order valence-electron chi connectivity index (χ0n) is 10.6. The summed E-state index contributed by atoms with van der Waals surface area (Å²) in [6.45, 7) is 0. The second-order valence-electron chi connectivity index (χ2n) is 4.23. The van der Waals surface area contributed by atoms with Crippen LogP contribution in [0.1, 0.15) is 0 Å². The van der Waals surface area contributed by atoms with E-state index in [9.17, 15) is 25.9 Å². The van der Waals surface area contributed by atoms with Gasteiger partial charge in [-0.3, -0.25) is 9.11 Å². The van der Waals surface area contributed by atoms with E-state index < -0.39 is 30.0 Å². The fourth-order valence-corrected chi connectivity index (χ4v) is 3.80. The van der Waals surface area contributed by atoms with E-state index in [0.29, 0.717) is 0 Å². The third kappa shape index (κ3) is 6.62. The zero-order chi connectivity index (χ0) is 16.7. The molecule has 0 aromatic heterocycles. The Balaban J connectivity index is 0.00000264. The zero-order valence-corrected chi connectivity index (χ0v) is 13.7. The Kier molecular flexibility index (Phi) is 10.9. The van der Waals surface area contributed by atoms with Crippen LogP contribution in [0.3, 0.4) is 0 Å². The van der Waals surface area contributed by atoms with Crippen molar-refractivity contribution in [2.24, 2.45) is 0 Å². The van der Waals surface area contributed by atoms with Crippen LogP contribution in [0.25, 0.3) is 11.1 Å². The van der Waals surface area contributed by atoms with Gasteiger partial charge in [-0.05, 0) is 24.3 Å². The Morgan fingerprint density at radius 2 is 0.958 bits per heavy atom. The molecular formula is C12H10Cl2K2O6S2. The summed E-state index contributed by atoms with van der Waals surface area (Å²) in [6, 6.07) is 6.98. The third-order valence-electron chi connectivity index (χ3n) is 2.73. The number of hydrogen-bond acceptors (Lipinski definition) is 4. The molecule has 0 bridgehead atoms. The van der Waals surface area contributed by atoms with Gasteiger partial charge in [0.25, 0.3) is 20.2 Å². The summed E-state index contributed by atoms with van der Waals surface area (Å²) in [5.74, 6) is 0. The molecule has 0 fully saturated rings. The maximum absolute atomic E-state index is 11.5. The summed E-state index contributed by atoms with van der Waals surface area (Å²) >= 11 is 11.4. The first-order chi connectivity index (χ1) is 10.00. The number of halogens is 2. The quantitative estimate of drug-likeness (QED) is 0.531. The van der Waals surface area contributed by atoms with Crippen molar-refractivity contribution in [1.82, 2.24) is 0 Å². The van der Waals surface area contributed by atoms with Gasteiger partial charge in [-0.25, -0.2) is 0 Å². The predicted molar refractivity (Wildman–Crippen MR) is 95.8 cm³/mol. The molecule has 0 aliphatic heterocycles. The van der Waals surface area contributed by atoms with Gasteiger partial charge in [0, 0.05) is 21.2 Å². The van der Waals surface area contributed by atoms with Gasteiger partial charge in [0.15, 0.2) is 0 Å². The van der Waals surface area contributed by atoms with Crippen LogP contribution in [0, 0.1) is 0 Å². The normalized spacial score (nSPS) is 11.3. The first-order valence-electron chi connectivity index (χ1n) is 5.54. The van der Waals surface area contributed by atoms with Gasteiger partial charge in [-0.2, -0.15) is 16.8 Å². The molecule has 0 saturated carbocycles. The fraction of sp³-hybridized carbons (Fsp3) is 0. The molecule has 2 rings (SSSR count). The van der Waals surface area contributed by atoms with Crippen LogP contribution in [0.15, 0.2) is 46.2 Å². The second kappa shape index (κ2) is 10.1. The van der Waals surface area contributed by atoms with Gasteiger partial charge in [0.1, 0.15) is 9.79 Å². The van der Waals surface area contributed by atoms with E-state index >= 15 is 0 Å². The van der Waals surface area contributed by atoms with E-state index in [-0.39, 0.29) is 124 Å². The molecule has 0 radical (unpaired) electrons. The molecule has 0 aliphatic rings. The van der Waals surface area contributed by atoms with Crippen molar-refractivity contribution >= 4 is 146 Å². The Hall–Kier alpha value is 2.11. The fourth-order valence-electron chi connectivity index (χ4n) is 1.86. The SMILES string of the molecule is O=S(=O)(O)c1cc(Cl)ccc1-c1ccc(Cl)cc1S(=O)(=O)O.[KH].[KH]. The minimum absolute atomic E-state index is 0. The van der Waals surface area contributed by atoms with Crippen molar-refractivity contribution in [3.63, 3.8) is 0 Å². The van der Waals surface area contributed by atoms with Crippen LogP contribution < -0.4 is 0 Å². The summed E-state index contributed by atoms with van der Waals surface area (Å²) in [5.41, 5.74) is -0.285. The number of rotatable bonds is 3. The summed E-state index contributed by atoms with van der Waals surface area (Å²) in [5, 5.41) is 0.0532. The average molecular weight is 463 g/mol. The molecule has 12 heteroatoms. The maximum atomic E-state index is 11.5. The molecule has 2 N–H and O–H groups in total. The molecule has 2 aromatic rings. The summed E-state index contributed by atoms with van der Waals surface area (Å²) in [7, 11) is -9.34. The molecule has 0 atom stereocenters. The van der Waals surface area contributed by atoms with E-state index in [1.165, 1.54) is 24.3 Å². The van der Waals surface area contributed by atoms with Gasteiger partial charge < -0.3 is 0 Å². The molecular weight excluding hydrogens is 453 g/mol. The Labute approximate surface area is 234 Å². The standard InChI is InChI=1S/C12H8Cl2O6S2.2K.2H/c13-7-1-3-9(11(5-7)21(15,16)17)10-4-2-8(14)6-12(10)22(18,19)20;;;;/h1-6H,(H,15,16,17)(H,18,19,20);;;;. The van der Waals surface area contributed by atoms with Gasteiger partial charge in [0.05, 0.1) is 0 Å². The first-order valence-corrected chi connectivity index (χ1v) is 9.18. The van der Waals surface area contributed by atoms with Crippen molar-refractivity contribution in [3.05, 3.63) is 46.4 Å². The average Bonchev–Trinajstić information content (AvgIpc) is 2.37. The molecule has 24 heavy (non-hydrogen) atoms. The van der Waals surface area contributed by atoms with E-state index in [1.807, 2.05) is 0 Å². The van der Waals surface area contributed by atoms with E-state index in [1.54, 1.807) is 0 Å². The monoisotopic (exact) mass is 462 g/mol. The topological polar surface area (TPSA) is 109 Å². The molecule has 0 heterocycles. The number of benzene rings is 2. The molecule has 0 unspecified atom stereocenters. The Morgan fingerprint density at radius 3 is 1.21 bits per heavy atom. The second-order valence-corrected chi connectivity index (χ2v) is 7.88. The van der Waals surface area contributed by atoms with E-state index in [0.717, 1.165) is 12.1 Å². The van der Waals surface area contributed by atoms with Crippen LogP contribution in [0.5, 0.6) is 0 Å². The first kappa shape index (κ1) is 26.1. The van der Waals surface area contributed by atoms with Crippen LogP contribution in [0.4, 0.5) is 0 Å². The minimum atomic E-state index is -4.67. The molecule has 2 aromatic carbocycles. The summed E-state index contributed by atoms with van der Waals surface area (Å²) in [4.78, 5) is -1.18. The summed E-state index contributed by atoms with van der Waals surface area (Å²) < 4.78 is 64.4. The molecule has 0 spiro atoms. The van der Waals surface area contributed by atoms with Crippen LogP contribution in [-0.2, 0) is 20.2 Å². The summed E-state index contributed by atoms with van der Waals surface area (Å²) in [6.07, 6.45) is 0. The van der Waals surface area contributed by atoms with Gasteiger partial charge in [-0.15, -0.1) is 0 Å². The van der Waals surface area contributed by atoms with Crippen LogP contribution >= 0.6 is 23.2 Å². The molecule has 6 nitrogen and oxygen atoms in total. The molecule has 0 amide bonds. The Bertz CT molecular complexity index is 882. The molecule has 122 valence electrons. The van der Waals surface area contributed by atoms with Crippen molar-refractivity contribution in [3.8, 4) is 11.1 Å². The van der Waals surface area contributed by atoms with Gasteiger partial charge in [0.2, 0.25) is 0 Å². The molecule has 0 aliphatic carbocycles.